The van der Waals surface area contributed by atoms with Gasteiger partial charge in [-0.1, -0.05) is 0 Å². The standard InChI is InChI=1S/C12H15N3O3/c1-18-12(17)4-5-15-10-3-2-8(13)6-9(10)14-11(15)7-16/h2-3,6,16H,4-5,7,13H2,1H3. The summed E-state index contributed by atoms with van der Waals surface area (Å²) in [6, 6.07) is 5.33. The number of benzene rings is 1. The molecule has 3 N–H and O–H groups in total. The molecule has 1 aromatic carbocycles. The van der Waals surface area contributed by atoms with Gasteiger partial charge >= 0.3 is 5.97 Å². The number of fused-ring (bicyclic) bond motifs is 1. The zero-order chi connectivity index (χ0) is 13.1. The van der Waals surface area contributed by atoms with Gasteiger partial charge in [-0.2, -0.15) is 0 Å². The van der Waals surface area contributed by atoms with Crippen LogP contribution in [0.5, 0.6) is 0 Å². The highest BCUT2D eigenvalue weighted by Crippen LogP contribution is 2.19. The van der Waals surface area contributed by atoms with E-state index in [1.54, 1.807) is 16.7 Å². The van der Waals surface area contributed by atoms with E-state index in [1.807, 2.05) is 6.07 Å². The summed E-state index contributed by atoms with van der Waals surface area (Å²) in [5, 5.41) is 9.28. The van der Waals surface area contributed by atoms with Crippen molar-refractivity contribution in [2.75, 3.05) is 12.8 Å². The Kier molecular flexibility index (Phi) is 3.47. The van der Waals surface area contributed by atoms with Gasteiger partial charge in [-0.05, 0) is 18.2 Å². The van der Waals surface area contributed by atoms with E-state index < -0.39 is 0 Å². The van der Waals surface area contributed by atoms with Crippen molar-refractivity contribution >= 4 is 22.7 Å². The van der Waals surface area contributed by atoms with E-state index in [9.17, 15) is 9.90 Å². The Morgan fingerprint density at radius 3 is 3.00 bits per heavy atom. The lowest BCUT2D eigenvalue weighted by Crippen LogP contribution is -2.09. The molecule has 18 heavy (non-hydrogen) atoms. The van der Waals surface area contributed by atoms with Crippen molar-refractivity contribution in [3.05, 3.63) is 24.0 Å². The lowest BCUT2D eigenvalue weighted by Gasteiger charge is -2.06. The number of imidazole rings is 1. The number of rotatable bonds is 4. The molecule has 96 valence electrons. The third kappa shape index (κ3) is 2.28. The van der Waals surface area contributed by atoms with Crippen LogP contribution in [0.2, 0.25) is 0 Å². The highest BCUT2D eigenvalue weighted by atomic mass is 16.5. The second kappa shape index (κ2) is 5.05. The third-order valence-electron chi connectivity index (χ3n) is 2.76. The number of carbonyl (C=O) groups excluding carboxylic acids is 1. The number of anilines is 1. The van der Waals surface area contributed by atoms with Crippen LogP contribution in [0.3, 0.4) is 0 Å². The minimum Gasteiger partial charge on any atom is -0.469 e. The molecule has 0 bridgehead atoms. The Bertz CT molecular complexity index is 577. The van der Waals surface area contributed by atoms with E-state index in [1.165, 1.54) is 7.11 Å². The van der Waals surface area contributed by atoms with Gasteiger partial charge in [0.15, 0.2) is 0 Å². The first kappa shape index (κ1) is 12.4. The smallest absolute Gasteiger partial charge is 0.307 e. The number of aliphatic hydroxyl groups excluding tert-OH is 1. The van der Waals surface area contributed by atoms with Crippen LogP contribution in [0.25, 0.3) is 11.0 Å². The number of aromatic nitrogens is 2. The van der Waals surface area contributed by atoms with Gasteiger partial charge in [0.2, 0.25) is 0 Å². The summed E-state index contributed by atoms with van der Waals surface area (Å²) in [4.78, 5) is 15.4. The predicted octanol–water partition coefficient (Wildman–Crippen LogP) is 0.674. The molecule has 0 saturated heterocycles. The summed E-state index contributed by atoms with van der Waals surface area (Å²) in [5.41, 5.74) is 7.85. The molecule has 2 aromatic rings. The van der Waals surface area contributed by atoms with E-state index in [4.69, 9.17) is 5.73 Å². The number of nitrogen functional groups attached to an aromatic ring is 1. The summed E-state index contributed by atoms with van der Waals surface area (Å²) in [6.07, 6.45) is 0.235. The van der Waals surface area contributed by atoms with Gasteiger partial charge in [0.25, 0.3) is 0 Å². The Labute approximate surface area is 104 Å². The summed E-state index contributed by atoms with van der Waals surface area (Å²) in [5.74, 6) is 0.218. The van der Waals surface area contributed by atoms with Crippen molar-refractivity contribution in [1.82, 2.24) is 9.55 Å². The van der Waals surface area contributed by atoms with Crippen LogP contribution >= 0.6 is 0 Å². The minimum atomic E-state index is -0.295. The molecular formula is C12H15N3O3. The van der Waals surface area contributed by atoms with Crippen LogP contribution in [0.15, 0.2) is 18.2 Å². The maximum atomic E-state index is 11.2. The number of methoxy groups -OCH3 is 1. The summed E-state index contributed by atoms with van der Waals surface area (Å²) in [6.45, 7) is 0.235. The van der Waals surface area contributed by atoms with Crippen molar-refractivity contribution in [2.24, 2.45) is 0 Å². The van der Waals surface area contributed by atoms with Crippen molar-refractivity contribution in [2.45, 2.75) is 19.6 Å². The van der Waals surface area contributed by atoms with Crippen molar-refractivity contribution in [3.8, 4) is 0 Å². The third-order valence-corrected chi connectivity index (χ3v) is 2.76. The Hall–Kier alpha value is -2.08. The normalized spacial score (nSPS) is 10.8. The minimum absolute atomic E-state index is 0.185. The van der Waals surface area contributed by atoms with Crippen molar-refractivity contribution in [3.63, 3.8) is 0 Å². The first-order valence-corrected chi connectivity index (χ1v) is 5.58. The SMILES string of the molecule is COC(=O)CCn1c(CO)nc2cc(N)ccc21. The number of aryl methyl sites for hydroxylation is 1. The van der Waals surface area contributed by atoms with Gasteiger partial charge < -0.3 is 20.1 Å². The molecule has 0 radical (unpaired) electrons. The molecule has 6 heteroatoms. The molecule has 1 aromatic heterocycles. The molecule has 1 heterocycles. The second-order valence-corrected chi connectivity index (χ2v) is 3.91. The first-order chi connectivity index (χ1) is 8.65. The summed E-state index contributed by atoms with van der Waals surface area (Å²) in [7, 11) is 1.35. The number of nitrogens with zero attached hydrogens (tertiary/aromatic N) is 2. The molecule has 0 saturated carbocycles. The van der Waals surface area contributed by atoms with Gasteiger partial charge in [0.05, 0.1) is 24.6 Å². The van der Waals surface area contributed by atoms with Crippen molar-refractivity contribution in [1.29, 1.82) is 0 Å². The van der Waals surface area contributed by atoms with E-state index in [2.05, 4.69) is 9.72 Å². The quantitative estimate of drug-likeness (QED) is 0.614. The molecule has 0 fully saturated rings. The van der Waals surface area contributed by atoms with Crippen LogP contribution < -0.4 is 5.73 Å². The molecule has 0 spiro atoms. The highest BCUT2D eigenvalue weighted by molar-refractivity contribution is 5.80. The fourth-order valence-corrected chi connectivity index (χ4v) is 1.87. The number of esters is 1. The molecule has 0 unspecified atom stereocenters. The van der Waals surface area contributed by atoms with Crippen LogP contribution in [0.4, 0.5) is 5.69 Å². The molecule has 0 amide bonds. The molecule has 6 nitrogen and oxygen atoms in total. The maximum absolute atomic E-state index is 11.2. The van der Waals surface area contributed by atoms with Crippen LogP contribution in [-0.2, 0) is 22.7 Å². The number of carbonyl (C=O) groups is 1. The van der Waals surface area contributed by atoms with Gasteiger partial charge in [-0.3, -0.25) is 4.79 Å². The first-order valence-electron chi connectivity index (χ1n) is 5.58. The number of hydrogen-bond donors (Lipinski definition) is 2. The van der Waals surface area contributed by atoms with Gasteiger partial charge in [-0.15, -0.1) is 0 Å². The Morgan fingerprint density at radius 2 is 2.33 bits per heavy atom. The van der Waals surface area contributed by atoms with Crippen LogP contribution in [-0.4, -0.2) is 27.7 Å². The Balaban J connectivity index is 2.37. The van der Waals surface area contributed by atoms with Crippen LogP contribution in [0, 0.1) is 0 Å². The van der Waals surface area contributed by atoms with Gasteiger partial charge in [0, 0.05) is 12.2 Å². The largest absolute Gasteiger partial charge is 0.469 e. The van der Waals surface area contributed by atoms with E-state index in [0.29, 0.717) is 23.6 Å². The fourth-order valence-electron chi connectivity index (χ4n) is 1.87. The van der Waals surface area contributed by atoms with E-state index >= 15 is 0 Å². The topological polar surface area (TPSA) is 90.4 Å². The average Bonchev–Trinajstić information content (AvgIpc) is 2.72. The molecule has 0 aliphatic carbocycles. The molecule has 0 atom stereocenters. The summed E-state index contributed by atoms with van der Waals surface area (Å²) >= 11 is 0. The zero-order valence-corrected chi connectivity index (χ0v) is 10.1. The number of nitrogens with two attached hydrogens (primary N) is 1. The number of aliphatic hydroxyl groups is 1. The van der Waals surface area contributed by atoms with E-state index in [0.717, 1.165) is 5.52 Å². The fraction of sp³-hybridized carbons (Fsp3) is 0.333. The monoisotopic (exact) mass is 249 g/mol. The lowest BCUT2D eigenvalue weighted by molar-refractivity contribution is -0.140. The predicted molar refractivity (Wildman–Crippen MR) is 66.7 cm³/mol. The summed E-state index contributed by atoms with van der Waals surface area (Å²) < 4.78 is 6.40. The van der Waals surface area contributed by atoms with Crippen molar-refractivity contribution < 1.29 is 14.6 Å². The molecule has 2 rings (SSSR count). The van der Waals surface area contributed by atoms with Crippen LogP contribution in [0.1, 0.15) is 12.2 Å². The zero-order valence-electron chi connectivity index (χ0n) is 10.1. The lowest BCUT2D eigenvalue weighted by atomic mass is 10.3. The second-order valence-electron chi connectivity index (χ2n) is 3.91. The average molecular weight is 249 g/mol. The molecule has 0 aliphatic rings. The highest BCUT2D eigenvalue weighted by Gasteiger charge is 2.11. The maximum Gasteiger partial charge on any atom is 0.307 e. The van der Waals surface area contributed by atoms with Gasteiger partial charge in [0.1, 0.15) is 12.4 Å². The number of ether oxygens (including phenoxy) is 1. The van der Waals surface area contributed by atoms with Gasteiger partial charge in [-0.25, -0.2) is 4.98 Å². The Morgan fingerprint density at radius 1 is 1.56 bits per heavy atom. The molecule has 0 aliphatic heterocycles. The number of hydrogen-bond acceptors (Lipinski definition) is 5. The van der Waals surface area contributed by atoms with E-state index in [-0.39, 0.29) is 19.0 Å². The molecular weight excluding hydrogens is 234 g/mol.